The first-order chi connectivity index (χ1) is 7.88. The van der Waals surface area contributed by atoms with Crippen LogP contribution in [0.25, 0.3) is 0 Å². The molecule has 0 atom stereocenters. The van der Waals surface area contributed by atoms with Crippen molar-refractivity contribution >= 4 is 18.3 Å². The van der Waals surface area contributed by atoms with Gasteiger partial charge in [0.1, 0.15) is 0 Å². The molecule has 16 heavy (non-hydrogen) atoms. The van der Waals surface area contributed by atoms with Crippen LogP contribution >= 0.6 is 0 Å². The topological polar surface area (TPSA) is 34.1 Å². The van der Waals surface area contributed by atoms with Gasteiger partial charge in [0.2, 0.25) is 0 Å². The number of ketones is 1. The summed E-state index contributed by atoms with van der Waals surface area (Å²) in [7, 11) is 0. The maximum Gasteiger partial charge on any atom is 0.193 e. The van der Waals surface area contributed by atoms with E-state index in [1.807, 2.05) is 60.7 Å². The van der Waals surface area contributed by atoms with Crippen LogP contribution < -0.4 is 0 Å². The second kappa shape index (κ2) is 6.69. The van der Waals surface area contributed by atoms with Crippen molar-refractivity contribution in [1.82, 2.24) is 0 Å². The van der Waals surface area contributed by atoms with Crippen molar-refractivity contribution in [2.45, 2.75) is 0 Å². The van der Waals surface area contributed by atoms with Gasteiger partial charge in [0.15, 0.2) is 5.78 Å². The first-order valence-corrected chi connectivity index (χ1v) is 5.23. The van der Waals surface area contributed by atoms with E-state index in [1.165, 1.54) is 12.5 Å². The Bertz CT molecular complexity index is 399. The molecule has 0 fully saturated rings. The van der Waals surface area contributed by atoms with Gasteiger partial charge in [0.25, 0.3) is 0 Å². The molecule has 0 heterocycles. The number of carbonyl (C=O) groups is 1. The van der Waals surface area contributed by atoms with Crippen molar-refractivity contribution in [2.24, 2.45) is 0 Å². The van der Waals surface area contributed by atoms with Gasteiger partial charge in [-0.25, -0.2) is 0 Å². The Morgan fingerprint density at radius 3 is 1.31 bits per heavy atom. The fourth-order valence-corrected chi connectivity index (χ4v) is 1.35. The summed E-state index contributed by atoms with van der Waals surface area (Å²) in [6.45, 7) is 0. The molecule has 0 aromatic heterocycles. The van der Waals surface area contributed by atoms with Crippen molar-refractivity contribution in [1.29, 1.82) is 0 Å². The van der Waals surface area contributed by atoms with Crippen molar-refractivity contribution in [3.8, 4) is 0 Å². The monoisotopic (exact) mass is 233 g/mol. The zero-order valence-electron chi connectivity index (χ0n) is 8.67. The van der Waals surface area contributed by atoms with Gasteiger partial charge in [0, 0.05) is 11.1 Å². The summed E-state index contributed by atoms with van der Waals surface area (Å²) in [5.41, 5.74) is 1.47. The minimum Gasteiger partial charge on any atom is -0.289 e. The molecule has 2 nitrogen and oxygen atoms in total. The highest BCUT2D eigenvalue weighted by atomic mass is 32.1. The Balaban J connectivity index is 0.000000606. The van der Waals surface area contributed by atoms with Crippen LogP contribution in [0.3, 0.4) is 0 Å². The SMILES string of the molecule is O=C(c1ccccc1)c1ccccc1.O=[SH3]. The molecule has 1 radical (unpaired) electrons. The van der Waals surface area contributed by atoms with E-state index in [1.54, 1.807) is 0 Å². The summed E-state index contributed by atoms with van der Waals surface area (Å²) in [5, 5.41) is 0. The van der Waals surface area contributed by atoms with E-state index in [2.05, 4.69) is 0 Å². The average Bonchev–Trinajstić information content (AvgIpc) is 2.42. The molecule has 2 aromatic rings. The zero-order chi connectivity index (χ0) is 11.8. The van der Waals surface area contributed by atoms with Crippen molar-refractivity contribution < 1.29 is 9.00 Å². The van der Waals surface area contributed by atoms with Crippen LogP contribution in [0.1, 0.15) is 15.9 Å². The quantitative estimate of drug-likeness (QED) is 0.741. The smallest absolute Gasteiger partial charge is 0.193 e. The van der Waals surface area contributed by atoms with Crippen LogP contribution in [0, 0.1) is 0 Å². The van der Waals surface area contributed by atoms with Crippen LogP contribution in [-0.4, -0.2) is 9.99 Å². The van der Waals surface area contributed by atoms with Gasteiger partial charge in [-0.1, -0.05) is 73.2 Å². The Morgan fingerprint density at radius 1 is 0.688 bits per heavy atom. The number of benzene rings is 2. The van der Waals surface area contributed by atoms with Crippen LogP contribution in [-0.2, 0) is 12.5 Å². The van der Waals surface area contributed by atoms with E-state index in [-0.39, 0.29) is 5.78 Å². The standard InChI is InChI=1S/C13H10O.H3OS/c14-13(11-7-3-1-4-8-11)12-9-5-2-6-10-12;1-2/h1-10H;2H3. The Morgan fingerprint density at radius 2 is 1.00 bits per heavy atom. The molecule has 83 valence electrons. The van der Waals surface area contributed by atoms with Gasteiger partial charge in [-0.05, 0) is 0 Å². The minimum absolute atomic E-state index is 0.0752. The van der Waals surface area contributed by atoms with Gasteiger partial charge in [-0.3, -0.25) is 9.00 Å². The summed E-state index contributed by atoms with van der Waals surface area (Å²) < 4.78 is 8.17. The summed E-state index contributed by atoms with van der Waals surface area (Å²) in [4.78, 5) is 11.8. The summed E-state index contributed by atoms with van der Waals surface area (Å²) in [5.74, 6) is 0.0752. The van der Waals surface area contributed by atoms with Gasteiger partial charge >= 0.3 is 0 Å². The third-order valence-corrected chi connectivity index (χ3v) is 2.07. The van der Waals surface area contributed by atoms with E-state index in [4.69, 9.17) is 4.21 Å². The fourth-order valence-electron chi connectivity index (χ4n) is 1.35. The Kier molecular flexibility index (Phi) is 5.16. The van der Waals surface area contributed by atoms with Gasteiger partial charge in [0.05, 0.1) is 0 Å². The summed E-state index contributed by atoms with van der Waals surface area (Å²) in [6.07, 6.45) is 0. The maximum absolute atomic E-state index is 11.8. The molecule has 2 rings (SSSR count). The number of rotatable bonds is 2. The second-order valence-corrected chi connectivity index (χ2v) is 3.06. The van der Waals surface area contributed by atoms with E-state index < -0.39 is 0 Å². The van der Waals surface area contributed by atoms with Crippen molar-refractivity contribution in [3.05, 3.63) is 71.8 Å². The molecule has 0 aliphatic carbocycles. The summed E-state index contributed by atoms with van der Waals surface area (Å²) >= 11 is 1.17. The molecule has 0 amide bonds. The number of hydrogen-bond acceptors (Lipinski definition) is 2. The van der Waals surface area contributed by atoms with Gasteiger partial charge < -0.3 is 0 Å². The highest BCUT2D eigenvalue weighted by molar-refractivity contribution is 7.44. The van der Waals surface area contributed by atoms with Gasteiger partial charge in [-0.15, -0.1) is 0 Å². The molecule has 0 unspecified atom stereocenters. The second-order valence-electron chi connectivity index (χ2n) is 3.06. The van der Waals surface area contributed by atoms with Crippen LogP contribution in [0.5, 0.6) is 0 Å². The first kappa shape index (κ1) is 12.3. The van der Waals surface area contributed by atoms with Crippen molar-refractivity contribution in [2.75, 3.05) is 0 Å². The van der Waals surface area contributed by atoms with E-state index in [9.17, 15) is 4.79 Å². The molecule has 0 aliphatic heterocycles. The minimum atomic E-state index is 0.0752. The highest BCUT2D eigenvalue weighted by Gasteiger charge is 2.06. The lowest BCUT2D eigenvalue weighted by Gasteiger charge is -1.99. The third-order valence-electron chi connectivity index (χ3n) is 2.07. The lowest BCUT2D eigenvalue weighted by Crippen LogP contribution is -1.99. The largest absolute Gasteiger partial charge is 0.289 e. The molecular weight excluding hydrogens is 220 g/mol. The van der Waals surface area contributed by atoms with Crippen molar-refractivity contribution in [3.63, 3.8) is 0 Å². The molecule has 3 heteroatoms. The molecule has 0 bridgehead atoms. The predicted molar refractivity (Wildman–Crippen MR) is 68.6 cm³/mol. The Hall–Kier alpha value is -1.74. The lowest BCUT2D eigenvalue weighted by atomic mass is 10.0. The zero-order valence-corrected chi connectivity index (χ0v) is 9.82. The predicted octanol–water partition coefficient (Wildman–Crippen LogP) is 1.78. The normalized spacial score (nSPS) is 9.00. The molecule has 0 spiro atoms. The van der Waals surface area contributed by atoms with E-state index >= 15 is 0 Å². The van der Waals surface area contributed by atoms with Gasteiger partial charge in [-0.2, -0.15) is 0 Å². The Labute approximate surface area is 99.5 Å². The molecule has 0 saturated carbocycles. The molecule has 0 aliphatic rings. The fraction of sp³-hybridized carbons (Fsp3) is 0. The van der Waals surface area contributed by atoms with E-state index in [0.29, 0.717) is 0 Å². The highest BCUT2D eigenvalue weighted by Crippen LogP contribution is 2.08. The number of hydrogen-bond donors (Lipinski definition) is 0. The molecular formula is C13H13O2S. The third kappa shape index (κ3) is 3.14. The molecule has 0 saturated heterocycles. The summed E-state index contributed by atoms with van der Waals surface area (Å²) in [6, 6.07) is 18.6. The maximum atomic E-state index is 11.8. The van der Waals surface area contributed by atoms with E-state index in [0.717, 1.165) is 11.1 Å². The van der Waals surface area contributed by atoms with Crippen LogP contribution in [0.2, 0.25) is 0 Å². The lowest BCUT2D eigenvalue weighted by molar-refractivity contribution is 0.103. The van der Waals surface area contributed by atoms with Crippen LogP contribution in [0.15, 0.2) is 60.7 Å². The molecule has 0 N–H and O–H groups in total. The van der Waals surface area contributed by atoms with Crippen LogP contribution in [0.4, 0.5) is 0 Å². The molecule has 2 aromatic carbocycles. The average molecular weight is 233 g/mol. The number of carbonyl (C=O) groups excluding carboxylic acids is 1. The first-order valence-electron chi connectivity index (χ1n) is 4.76.